The Balaban J connectivity index is 1.87. The molecule has 0 saturated carbocycles. The summed E-state index contributed by atoms with van der Waals surface area (Å²) in [5.41, 5.74) is 1.83. The summed E-state index contributed by atoms with van der Waals surface area (Å²) in [6.07, 6.45) is 0.496. The molecule has 0 unspecified atom stereocenters. The molecule has 2 amide bonds. The molecule has 0 fully saturated rings. The topological polar surface area (TPSA) is 110 Å². The van der Waals surface area contributed by atoms with Crippen LogP contribution in [0.1, 0.15) is 18.1 Å². The van der Waals surface area contributed by atoms with E-state index in [1.54, 1.807) is 12.1 Å². The van der Waals surface area contributed by atoms with Crippen LogP contribution in [-0.2, 0) is 32.6 Å². The Morgan fingerprint density at radius 3 is 2.19 bits per heavy atom. The van der Waals surface area contributed by atoms with Crippen molar-refractivity contribution in [3.05, 3.63) is 65.7 Å². The number of benzene rings is 2. The molecule has 0 aromatic heterocycles. The highest BCUT2D eigenvalue weighted by atomic mass is 32.2. The first kappa shape index (κ1) is 20.6. The van der Waals surface area contributed by atoms with Crippen molar-refractivity contribution in [1.29, 1.82) is 0 Å². The Hall–Kier alpha value is -2.71. The summed E-state index contributed by atoms with van der Waals surface area (Å²) < 4.78 is 22.5. The van der Waals surface area contributed by atoms with Crippen LogP contribution in [0.2, 0.25) is 0 Å². The number of rotatable bonds is 8. The second kappa shape index (κ2) is 9.29. The summed E-state index contributed by atoms with van der Waals surface area (Å²) in [7, 11) is -3.73. The van der Waals surface area contributed by atoms with E-state index in [0.29, 0.717) is 19.5 Å². The lowest BCUT2D eigenvalue weighted by molar-refractivity contribution is -0.134. The van der Waals surface area contributed by atoms with E-state index < -0.39 is 10.0 Å². The number of sulfonamides is 1. The molecule has 0 aliphatic heterocycles. The molecule has 0 saturated heterocycles. The molecule has 144 valence electrons. The highest BCUT2D eigenvalue weighted by molar-refractivity contribution is 7.89. The first-order chi connectivity index (χ1) is 12.8. The Morgan fingerprint density at radius 2 is 1.63 bits per heavy atom. The van der Waals surface area contributed by atoms with Gasteiger partial charge in [0.25, 0.3) is 0 Å². The zero-order valence-corrected chi connectivity index (χ0v) is 15.9. The highest BCUT2D eigenvalue weighted by Crippen LogP contribution is 2.10. The summed E-state index contributed by atoms with van der Waals surface area (Å²) in [5.74, 6) is -0.440. The molecule has 2 aromatic carbocycles. The van der Waals surface area contributed by atoms with Crippen molar-refractivity contribution in [3.63, 3.8) is 0 Å². The zero-order chi connectivity index (χ0) is 19.9. The third-order valence-electron chi connectivity index (χ3n) is 4.03. The van der Waals surface area contributed by atoms with E-state index in [1.165, 1.54) is 24.0 Å². The largest absolute Gasteiger partial charge is 0.350 e. The number of carbonyl (C=O) groups is 2. The van der Waals surface area contributed by atoms with Gasteiger partial charge in [0, 0.05) is 20.0 Å². The monoisotopic (exact) mass is 389 g/mol. The van der Waals surface area contributed by atoms with Gasteiger partial charge in [-0.2, -0.15) is 0 Å². The van der Waals surface area contributed by atoms with Gasteiger partial charge >= 0.3 is 0 Å². The van der Waals surface area contributed by atoms with Crippen molar-refractivity contribution < 1.29 is 18.0 Å². The van der Waals surface area contributed by atoms with E-state index in [4.69, 9.17) is 5.14 Å². The van der Waals surface area contributed by atoms with Crippen LogP contribution in [0, 0.1) is 0 Å². The van der Waals surface area contributed by atoms with Crippen LogP contribution in [0.25, 0.3) is 0 Å². The van der Waals surface area contributed by atoms with Gasteiger partial charge in [0.05, 0.1) is 11.4 Å². The van der Waals surface area contributed by atoms with Crippen LogP contribution in [0.5, 0.6) is 0 Å². The predicted molar refractivity (Wildman–Crippen MR) is 102 cm³/mol. The molecule has 3 N–H and O–H groups in total. The second-order valence-corrected chi connectivity index (χ2v) is 7.70. The average molecular weight is 389 g/mol. The average Bonchev–Trinajstić information content (AvgIpc) is 2.63. The fourth-order valence-electron chi connectivity index (χ4n) is 2.48. The molecule has 0 aliphatic carbocycles. The van der Waals surface area contributed by atoms with Crippen molar-refractivity contribution in [2.75, 3.05) is 13.1 Å². The van der Waals surface area contributed by atoms with Crippen molar-refractivity contribution >= 4 is 21.8 Å². The molecule has 2 aromatic rings. The van der Waals surface area contributed by atoms with Crippen LogP contribution in [-0.4, -0.2) is 38.2 Å². The van der Waals surface area contributed by atoms with E-state index in [9.17, 15) is 18.0 Å². The summed E-state index contributed by atoms with van der Waals surface area (Å²) in [5, 5.41) is 7.86. The van der Waals surface area contributed by atoms with Gasteiger partial charge in [0.1, 0.15) is 0 Å². The number of nitrogens with two attached hydrogens (primary N) is 1. The van der Waals surface area contributed by atoms with Gasteiger partial charge in [-0.1, -0.05) is 42.5 Å². The molecule has 8 heteroatoms. The van der Waals surface area contributed by atoms with Gasteiger partial charge in [-0.3, -0.25) is 9.59 Å². The molecule has 0 bridgehead atoms. The molecule has 2 rings (SSSR count). The maximum Gasteiger partial charge on any atom is 0.239 e. The number of amides is 2. The number of nitrogens with zero attached hydrogens (tertiary/aromatic N) is 1. The van der Waals surface area contributed by atoms with Gasteiger partial charge in [-0.25, -0.2) is 13.6 Å². The van der Waals surface area contributed by atoms with E-state index in [-0.39, 0.29) is 23.3 Å². The van der Waals surface area contributed by atoms with Gasteiger partial charge < -0.3 is 10.2 Å². The minimum atomic E-state index is -3.73. The van der Waals surface area contributed by atoms with Crippen molar-refractivity contribution in [2.24, 2.45) is 5.14 Å². The summed E-state index contributed by atoms with van der Waals surface area (Å²) in [6.45, 7) is 2.13. The van der Waals surface area contributed by atoms with E-state index in [0.717, 1.165) is 11.1 Å². The predicted octanol–water partition coefficient (Wildman–Crippen LogP) is 1.04. The lowest BCUT2D eigenvalue weighted by Gasteiger charge is -2.20. The van der Waals surface area contributed by atoms with Crippen molar-refractivity contribution in [2.45, 2.75) is 24.8 Å². The van der Waals surface area contributed by atoms with Gasteiger partial charge in [-0.15, -0.1) is 0 Å². The molecule has 0 spiro atoms. The molecule has 0 aliphatic rings. The minimum absolute atomic E-state index is 0.0303. The Bertz CT molecular complexity index is 881. The van der Waals surface area contributed by atoms with Crippen LogP contribution < -0.4 is 10.5 Å². The Labute approximate surface area is 159 Å². The quantitative estimate of drug-likeness (QED) is 0.703. The lowest BCUT2D eigenvalue weighted by Crippen LogP contribution is -2.40. The smallest absolute Gasteiger partial charge is 0.239 e. The Morgan fingerprint density at radius 1 is 1.00 bits per heavy atom. The second-order valence-electron chi connectivity index (χ2n) is 6.14. The maximum atomic E-state index is 12.1. The zero-order valence-electron chi connectivity index (χ0n) is 15.1. The standard InChI is InChI=1S/C19H23N3O4S/c1-15(23)22(14-19(24)21-13-17-5-3-2-4-6-17)12-11-16-7-9-18(10-8-16)27(20,25)26/h2-10H,11-14H2,1H3,(H,21,24)(H2,20,25,26). The molecule has 0 atom stereocenters. The fourth-order valence-corrected chi connectivity index (χ4v) is 3.00. The van der Waals surface area contributed by atoms with E-state index in [1.807, 2.05) is 30.3 Å². The van der Waals surface area contributed by atoms with Crippen LogP contribution in [0.4, 0.5) is 0 Å². The molecule has 7 nitrogen and oxygen atoms in total. The first-order valence-corrected chi connectivity index (χ1v) is 9.98. The minimum Gasteiger partial charge on any atom is -0.350 e. The number of hydrogen-bond donors (Lipinski definition) is 2. The van der Waals surface area contributed by atoms with Gasteiger partial charge in [0.15, 0.2) is 0 Å². The number of primary sulfonamides is 1. The third kappa shape index (κ3) is 6.84. The molecular weight excluding hydrogens is 366 g/mol. The molecular formula is C19H23N3O4S. The summed E-state index contributed by atoms with van der Waals surface area (Å²) >= 11 is 0. The first-order valence-electron chi connectivity index (χ1n) is 8.43. The normalized spacial score (nSPS) is 11.0. The van der Waals surface area contributed by atoms with Crippen LogP contribution in [0.3, 0.4) is 0 Å². The number of nitrogens with one attached hydrogen (secondary N) is 1. The van der Waals surface area contributed by atoms with Crippen LogP contribution >= 0.6 is 0 Å². The van der Waals surface area contributed by atoms with E-state index >= 15 is 0 Å². The summed E-state index contributed by atoms with van der Waals surface area (Å²) in [4.78, 5) is 25.4. The lowest BCUT2D eigenvalue weighted by atomic mass is 10.1. The fraction of sp³-hybridized carbons (Fsp3) is 0.263. The highest BCUT2D eigenvalue weighted by Gasteiger charge is 2.14. The molecule has 0 radical (unpaired) electrons. The van der Waals surface area contributed by atoms with Gasteiger partial charge in [-0.05, 0) is 29.7 Å². The molecule has 0 heterocycles. The van der Waals surface area contributed by atoms with Crippen molar-refractivity contribution in [1.82, 2.24) is 10.2 Å². The molecule has 27 heavy (non-hydrogen) atoms. The maximum absolute atomic E-state index is 12.1. The van der Waals surface area contributed by atoms with Gasteiger partial charge in [0.2, 0.25) is 21.8 Å². The van der Waals surface area contributed by atoms with E-state index in [2.05, 4.69) is 5.32 Å². The number of carbonyl (C=O) groups excluding carboxylic acids is 2. The Kier molecular flexibility index (Phi) is 7.09. The van der Waals surface area contributed by atoms with Crippen LogP contribution in [0.15, 0.2) is 59.5 Å². The van der Waals surface area contributed by atoms with Crippen molar-refractivity contribution in [3.8, 4) is 0 Å². The summed E-state index contributed by atoms with van der Waals surface area (Å²) in [6, 6.07) is 15.7. The SMILES string of the molecule is CC(=O)N(CCc1ccc(S(N)(=O)=O)cc1)CC(=O)NCc1ccccc1. The third-order valence-corrected chi connectivity index (χ3v) is 4.96. The number of hydrogen-bond acceptors (Lipinski definition) is 4.